The fourth-order valence-electron chi connectivity index (χ4n) is 3.50. The molecule has 0 atom stereocenters. The highest BCUT2D eigenvalue weighted by molar-refractivity contribution is 6.04. The Morgan fingerprint density at radius 1 is 1.07 bits per heavy atom. The summed E-state index contributed by atoms with van der Waals surface area (Å²) in [5.41, 5.74) is 1.23. The van der Waals surface area contributed by atoms with Crippen LogP contribution in [0.3, 0.4) is 0 Å². The molecule has 8 heteroatoms. The summed E-state index contributed by atoms with van der Waals surface area (Å²) in [5, 5.41) is 6.87. The van der Waals surface area contributed by atoms with Gasteiger partial charge in [-0.2, -0.15) is 5.10 Å². The summed E-state index contributed by atoms with van der Waals surface area (Å²) in [6.45, 7) is 1.98. The van der Waals surface area contributed by atoms with Crippen LogP contribution in [0.4, 0.5) is 15.9 Å². The number of pyridine rings is 1. The average Bonchev–Trinajstić information content (AvgIpc) is 2.76. The lowest BCUT2D eigenvalue weighted by atomic mass is 10.1. The maximum absolute atomic E-state index is 14.2. The first-order valence-electron chi connectivity index (χ1n) is 9.87. The zero-order valence-electron chi connectivity index (χ0n) is 16.6. The van der Waals surface area contributed by atoms with Crippen molar-refractivity contribution in [3.05, 3.63) is 70.4 Å². The number of carbonyl (C=O) groups excluding carboxylic acids is 1. The minimum Gasteiger partial charge on any atom is -0.357 e. The van der Waals surface area contributed by atoms with E-state index in [-0.39, 0.29) is 11.1 Å². The van der Waals surface area contributed by atoms with Crippen LogP contribution in [0.2, 0.25) is 0 Å². The van der Waals surface area contributed by atoms with Crippen molar-refractivity contribution in [3.8, 4) is 11.3 Å². The molecule has 1 aliphatic heterocycles. The van der Waals surface area contributed by atoms with Crippen molar-refractivity contribution in [1.29, 1.82) is 0 Å². The first-order chi connectivity index (χ1) is 14.5. The van der Waals surface area contributed by atoms with E-state index in [1.54, 1.807) is 18.3 Å². The van der Waals surface area contributed by atoms with Crippen LogP contribution in [-0.4, -0.2) is 33.8 Å². The largest absolute Gasteiger partial charge is 0.357 e. The zero-order chi connectivity index (χ0) is 21.1. The number of anilines is 2. The number of amides is 1. The quantitative estimate of drug-likeness (QED) is 0.718. The summed E-state index contributed by atoms with van der Waals surface area (Å²) < 4.78 is 15.3. The van der Waals surface area contributed by atoms with Gasteiger partial charge < -0.3 is 10.2 Å². The molecule has 2 aromatic heterocycles. The van der Waals surface area contributed by atoms with Gasteiger partial charge in [-0.25, -0.2) is 14.1 Å². The van der Waals surface area contributed by atoms with Gasteiger partial charge in [0.2, 0.25) is 0 Å². The number of hydrogen-bond acceptors (Lipinski definition) is 5. The van der Waals surface area contributed by atoms with Crippen LogP contribution >= 0.6 is 0 Å². The van der Waals surface area contributed by atoms with Gasteiger partial charge in [-0.05, 0) is 55.7 Å². The van der Waals surface area contributed by atoms with Crippen molar-refractivity contribution in [2.45, 2.75) is 19.3 Å². The van der Waals surface area contributed by atoms with Crippen molar-refractivity contribution in [1.82, 2.24) is 14.8 Å². The number of aryl methyl sites for hydroxylation is 1. The Kier molecular flexibility index (Phi) is 5.56. The van der Waals surface area contributed by atoms with E-state index >= 15 is 0 Å². The molecule has 3 heterocycles. The van der Waals surface area contributed by atoms with E-state index in [0.29, 0.717) is 16.9 Å². The van der Waals surface area contributed by atoms with Crippen LogP contribution < -0.4 is 15.8 Å². The maximum Gasteiger partial charge on any atom is 0.266 e. The molecule has 1 N–H and O–H groups in total. The molecule has 0 aliphatic carbocycles. The number of carbonyl (C=O) groups is 1. The van der Waals surface area contributed by atoms with Gasteiger partial charge in [0.1, 0.15) is 11.6 Å². The third-order valence-electron chi connectivity index (χ3n) is 5.10. The molecule has 0 unspecified atom stereocenters. The molecular weight excluding hydrogens is 385 g/mol. The molecule has 1 aliphatic rings. The highest BCUT2D eigenvalue weighted by atomic mass is 19.1. The summed E-state index contributed by atoms with van der Waals surface area (Å²) >= 11 is 0. The number of benzene rings is 1. The Hall–Kier alpha value is -3.55. The Bertz CT molecular complexity index is 1120. The topological polar surface area (TPSA) is 80.1 Å². The molecule has 3 aromatic rings. The van der Waals surface area contributed by atoms with Crippen LogP contribution in [0, 0.1) is 5.82 Å². The van der Waals surface area contributed by atoms with Crippen molar-refractivity contribution >= 4 is 17.4 Å². The standard InChI is InChI=1S/C22H22FN5O2/c1-27-21(29)8-6-19(26-27)15-11-16(13-17(23)12-15)22(30)25-18-5-7-20(24-14-18)28-9-3-2-4-10-28/h5-8,11-14H,2-4,9-10H2,1H3,(H,25,30). The molecule has 0 spiro atoms. The smallest absolute Gasteiger partial charge is 0.266 e. The Morgan fingerprint density at radius 3 is 2.57 bits per heavy atom. The van der Waals surface area contributed by atoms with Crippen LogP contribution in [0.1, 0.15) is 29.6 Å². The molecule has 0 saturated carbocycles. The van der Waals surface area contributed by atoms with Crippen LogP contribution in [-0.2, 0) is 7.05 Å². The maximum atomic E-state index is 14.2. The van der Waals surface area contributed by atoms with Crippen molar-refractivity contribution in [3.63, 3.8) is 0 Å². The van der Waals surface area contributed by atoms with Gasteiger partial charge >= 0.3 is 0 Å². The van der Waals surface area contributed by atoms with Gasteiger partial charge in [-0.1, -0.05) is 0 Å². The van der Waals surface area contributed by atoms with E-state index in [9.17, 15) is 14.0 Å². The van der Waals surface area contributed by atoms with E-state index in [2.05, 4.69) is 20.3 Å². The average molecular weight is 407 g/mol. The fraction of sp³-hybridized carbons (Fsp3) is 0.273. The second kappa shape index (κ2) is 8.44. The highest BCUT2D eigenvalue weighted by Crippen LogP contribution is 2.22. The molecule has 0 radical (unpaired) electrons. The summed E-state index contributed by atoms with van der Waals surface area (Å²) in [5.74, 6) is -0.124. The number of nitrogens with one attached hydrogen (secondary N) is 1. The summed E-state index contributed by atoms with van der Waals surface area (Å²) in [4.78, 5) is 30.9. The molecule has 4 rings (SSSR count). The summed E-state index contributed by atoms with van der Waals surface area (Å²) in [7, 11) is 1.51. The van der Waals surface area contributed by atoms with Gasteiger partial charge in [0.25, 0.3) is 11.5 Å². The van der Waals surface area contributed by atoms with Crippen LogP contribution in [0.5, 0.6) is 0 Å². The lowest BCUT2D eigenvalue weighted by molar-refractivity contribution is 0.102. The van der Waals surface area contributed by atoms with Crippen LogP contribution in [0.25, 0.3) is 11.3 Å². The molecule has 7 nitrogen and oxygen atoms in total. The molecular formula is C22H22FN5O2. The zero-order valence-corrected chi connectivity index (χ0v) is 16.6. The molecule has 1 amide bonds. The van der Waals surface area contributed by atoms with Crippen molar-refractivity contribution < 1.29 is 9.18 Å². The van der Waals surface area contributed by atoms with Gasteiger partial charge in [-0.15, -0.1) is 0 Å². The molecule has 1 fully saturated rings. The van der Waals surface area contributed by atoms with Gasteiger partial charge in [0.05, 0.1) is 17.6 Å². The highest BCUT2D eigenvalue weighted by Gasteiger charge is 2.14. The molecule has 1 saturated heterocycles. The number of hydrogen-bond donors (Lipinski definition) is 1. The number of aromatic nitrogens is 3. The third kappa shape index (κ3) is 4.37. The monoisotopic (exact) mass is 407 g/mol. The fourth-order valence-corrected chi connectivity index (χ4v) is 3.50. The predicted molar refractivity (Wildman–Crippen MR) is 113 cm³/mol. The second-order valence-corrected chi connectivity index (χ2v) is 7.32. The molecule has 30 heavy (non-hydrogen) atoms. The Labute approximate surface area is 173 Å². The third-order valence-corrected chi connectivity index (χ3v) is 5.10. The van der Waals surface area contributed by atoms with Gasteiger partial charge in [0, 0.05) is 37.3 Å². The number of nitrogens with zero attached hydrogens (tertiary/aromatic N) is 4. The van der Waals surface area contributed by atoms with E-state index in [0.717, 1.165) is 42.5 Å². The second-order valence-electron chi connectivity index (χ2n) is 7.32. The van der Waals surface area contributed by atoms with E-state index < -0.39 is 11.7 Å². The minimum atomic E-state index is -0.563. The van der Waals surface area contributed by atoms with Gasteiger partial charge in [0.15, 0.2) is 0 Å². The number of halogens is 1. The van der Waals surface area contributed by atoms with Gasteiger partial charge in [-0.3, -0.25) is 9.59 Å². The molecule has 1 aromatic carbocycles. The Morgan fingerprint density at radius 2 is 1.87 bits per heavy atom. The number of rotatable bonds is 4. The lowest BCUT2D eigenvalue weighted by Gasteiger charge is -2.27. The summed E-state index contributed by atoms with van der Waals surface area (Å²) in [6, 6.07) is 10.5. The molecule has 154 valence electrons. The lowest BCUT2D eigenvalue weighted by Crippen LogP contribution is -2.30. The van der Waals surface area contributed by atoms with Crippen molar-refractivity contribution in [2.75, 3.05) is 23.3 Å². The molecule has 0 bridgehead atoms. The van der Waals surface area contributed by atoms with E-state index in [1.165, 1.54) is 31.7 Å². The minimum absolute atomic E-state index is 0.153. The normalized spacial score (nSPS) is 13.9. The first-order valence-corrected chi connectivity index (χ1v) is 9.87. The number of piperidine rings is 1. The predicted octanol–water partition coefficient (Wildman–Crippen LogP) is 3.22. The first kappa shape index (κ1) is 19.8. The Balaban J connectivity index is 1.52. The van der Waals surface area contributed by atoms with E-state index in [1.807, 2.05) is 6.07 Å². The summed E-state index contributed by atoms with van der Waals surface area (Å²) in [6.07, 6.45) is 5.17. The SMILES string of the molecule is Cn1nc(-c2cc(F)cc(C(=O)Nc3ccc(N4CCCCC4)nc3)c2)ccc1=O. The van der Waals surface area contributed by atoms with Crippen LogP contribution in [0.15, 0.2) is 53.5 Å². The van der Waals surface area contributed by atoms with E-state index in [4.69, 9.17) is 0 Å². The van der Waals surface area contributed by atoms with Crippen molar-refractivity contribution in [2.24, 2.45) is 7.05 Å².